The van der Waals surface area contributed by atoms with Gasteiger partial charge in [-0.1, -0.05) is 0 Å². The van der Waals surface area contributed by atoms with Crippen LogP contribution in [0.5, 0.6) is 0 Å². The maximum Gasteiger partial charge on any atom is 0.115 e. The fraction of sp³-hybridized carbons (Fsp3) is 0. The van der Waals surface area contributed by atoms with Gasteiger partial charge in [-0.2, -0.15) is 6.07 Å². The maximum absolute atomic E-state index is 8.53. The summed E-state index contributed by atoms with van der Waals surface area (Å²) in [5.74, 6) is 0. The van der Waals surface area contributed by atoms with E-state index in [1.54, 1.807) is 12.1 Å². The van der Waals surface area contributed by atoms with E-state index in [1.165, 1.54) is 12.4 Å². The second kappa shape index (κ2) is 3.99. The molecule has 0 aliphatic rings. The van der Waals surface area contributed by atoms with E-state index in [-0.39, 0.29) is 32.7 Å². The molecule has 0 bridgehead atoms. The molecular formula is C5H5NOY. The molecule has 0 aromatic carbocycles. The van der Waals surface area contributed by atoms with Gasteiger partial charge >= 0.3 is 0 Å². The molecule has 0 unspecified atom stereocenters. The van der Waals surface area contributed by atoms with Crippen LogP contribution in [0.15, 0.2) is 24.5 Å². The van der Waals surface area contributed by atoms with Gasteiger partial charge in [0.25, 0.3) is 0 Å². The molecule has 1 heterocycles. The molecule has 3 heteroatoms. The van der Waals surface area contributed by atoms with Crippen LogP contribution in [-0.4, -0.2) is 5.21 Å². The van der Waals surface area contributed by atoms with Gasteiger partial charge in [0.2, 0.25) is 0 Å². The van der Waals surface area contributed by atoms with Crippen LogP contribution in [0.3, 0.4) is 0 Å². The molecule has 0 fully saturated rings. The first-order valence-electron chi connectivity index (χ1n) is 1.96. The average Bonchev–Trinajstić information content (AvgIpc) is 1.69. The van der Waals surface area contributed by atoms with Gasteiger partial charge in [0.1, 0.15) is 12.4 Å². The van der Waals surface area contributed by atoms with Crippen molar-refractivity contribution in [2.75, 3.05) is 0 Å². The average molecular weight is 184 g/mol. The Morgan fingerprint density at radius 3 is 2.00 bits per heavy atom. The van der Waals surface area contributed by atoms with Crippen LogP contribution < -0.4 is 4.73 Å². The van der Waals surface area contributed by atoms with Gasteiger partial charge < -0.3 is 5.21 Å². The third kappa shape index (κ3) is 2.38. The van der Waals surface area contributed by atoms with E-state index < -0.39 is 0 Å². The molecule has 8 heavy (non-hydrogen) atoms. The SMILES string of the molecule is O[n+]1cc[c-]cc1.[Y]. The van der Waals surface area contributed by atoms with E-state index in [2.05, 4.69) is 6.07 Å². The number of hydrogen-bond acceptors (Lipinski definition) is 1. The van der Waals surface area contributed by atoms with E-state index in [0.29, 0.717) is 0 Å². The van der Waals surface area contributed by atoms with Crippen molar-refractivity contribution in [1.82, 2.24) is 0 Å². The van der Waals surface area contributed by atoms with Crippen LogP contribution in [0.2, 0.25) is 0 Å². The molecule has 1 rings (SSSR count). The summed E-state index contributed by atoms with van der Waals surface area (Å²) in [4.78, 5) is 0. The standard InChI is InChI=1S/C5H5NO.Y/c7-6-4-2-1-3-5-6;/h2-5,7H;. The summed E-state index contributed by atoms with van der Waals surface area (Å²) in [6.45, 7) is 0. The minimum atomic E-state index is 0. The van der Waals surface area contributed by atoms with Gasteiger partial charge in [-0.15, -0.1) is 16.9 Å². The van der Waals surface area contributed by atoms with Crippen LogP contribution >= 0.6 is 0 Å². The molecule has 0 spiro atoms. The van der Waals surface area contributed by atoms with Crippen molar-refractivity contribution < 1.29 is 42.6 Å². The summed E-state index contributed by atoms with van der Waals surface area (Å²) in [6, 6.07) is 6.00. The Bertz CT molecular complexity index is 142. The molecule has 1 aromatic rings. The van der Waals surface area contributed by atoms with E-state index in [0.717, 1.165) is 4.73 Å². The zero-order chi connectivity index (χ0) is 5.11. The second-order valence-electron chi connectivity index (χ2n) is 1.18. The minimum Gasteiger partial charge on any atom is -0.309 e. The molecule has 0 saturated carbocycles. The van der Waals surface area contributed by atoms with Crippen molar-refractivity contribution in [2.24, 2.45) is 0 Å². The molecule has 0 amide bonds. The normalized spacial score (nSPS) is 7.50. The molecule has 0 atom stereocenters. The molecular weight excluding hydrogens is 179 g/mol. The predicted octanol–water partition coefficient (Wildman–Crippen LogP) is 0.00909. The van der Waals surface area contributed by atoms with Crippen molar-refractivity contribution >= 4 is 0 Å². The smallest absolute Gasteiger partial charge is 0.115 e. The Labute approximate surface area is 73.0 Å². The third-order valence-corrected chi connectivity index (χ3v) is 0.647. The maximum atomic E-state index is 8.53. The van der Waals surface area contributed by atoms with Crippen molar-refractivity contribution in [1.29, 1.82) is 0 Å². The van der Waals surface area contributed by atoms with Crippen LogP contribution in [0, 0.1) is 6.07 Å². The van der Waals surface area contributed by atoms with E-state index in [4.69, 9.17) is 5.21 Å². The van der Waals surface area contributed by atoms with Gasteiger partial charge in [-0.3, -0.25) is 0 Å². The van der Waals surface area contributed by atoms with Gasteiger partial charge in [-0.05, 0) is 0 Å². The quantitative estimate of drug-likeness (QED) is 0.342. The summed E-state index contributed by atoms with van der Waals surface area (Å²) in [5.41, 5.74) is 0. The fourth-order valence-corrected chi connectivity index (χ4v) is 0.344. The van der Waals surface area contributed by atoms with E-state index in [1.807, 2.05) is 0 Å². The van der Waals surface area contributed by atoms with Crippen LogP contribution in [-0.2, 0) is 32.7 Å². The third-order valence-electron chi connectivity index (χ3n) is 0.647. The molecule has 2 nitrogen and oxygen atoms in total. The van der Waals surface area contributed by atoms with E-state index in [9.17, 15) is 0 Å². The van der Waals surface area contributed by atoms with Crippen LogP contribution in [0.4, 0.5) is 0 Å². The first-order valence-corrected chi connectivity index (χ1v) is 1.96. The molecule has 0 aliphatic carbocycles. The molecule has 1 N–H and O–H groups in total. The molecule has 0 saturated heterocycles. The number of aromatic nitrogens is 1. The first kappa shape index (κ1) is 8.05. The van der Waals surface area contributed by atoms with Crippen LogP contribution in [0.1, 0.15) is 0 Å². The second-order valence-corrected chi connectivity index (χ2v) is 1.18. The number of nitrogens with zero attached hydrogens (tertiary/aromatic N) is 1. The van der Waals surface area contributed by atoms with Crippen molar-refractivity contribution in [3.05, 3.63) is 30.6 Å². The van der Waals surface area contributed by atoms with E-state index >= 15 is 0 Å². The monoisotopic (exact) mass is 184 g/mol. The zero-order valence-corrected chi connectivity index (χ0v) is 7.12. The Hall–Kier alpha value is 0.0539. The minimum absolute atomic E-state index is 0. The van der Waals surface area contributed by atoms with Crippen molar-refractivity contribution in [2.45, 2.75) is 0 Å². The summed E-state index contributed by atoms with van der Waals surface area (Å²) < 4.78 is 0.969. The number of pyridine rings is 1. The van der Waals surface area contributed by atoms with Gasteiger partial charge in [-0.25, -0.2) is 0 Å². The molecule has 1 aromatic heterocycles. The summed E-state index contributed by atoms with van der Waals surface area (Å²) in [7, 11) is 0. The Morgan fingerprint density at radius 2 is 1.75 bits per heavy atom. The molecule has 39 valence electrons. The Balaban J connectivity index is 0.000000490. The topological polar surface area (TPSA) is 24.1 Å². The summed E-state index contributed by atoms with van der Waals surface area (Å²) >= 11 is 0. The van der Waals surface area contributed by atoms with Gasteiger partial charge in [0.05, 0.1) is 0 Å². The van der Waals surface area contributed by atoms with Crippen molar-refractivity contribution in [3.63, 3.8) is 0 Å². The summed E-state index contributed by atoms with van der Waals surface area (Å²) in [6.07, 6.45) is 3.00. The Morgan fingerprint density at radius 1 is 1.25 bits per heavy atom. The zero-order valence-electron chi connectivity index (χ0n) is 4.28. The fourth-order valence-electron chi connectivity index (χ4n) is 0.344. The van der Waals surface area contributed by atoms with Gasteiger partial charge in [0.15, 0.2) is 0 Å². The predicted molar refractivity (Wildman–Crippen MR) is 22.7 cm³/mol. The molecule has 0 aliphatic heterocycles. The number of hydrogen-bond donors (Lipinski definition) is 1. The number of rotatable bonds is 0. The van der Waals surface area contributed by atoms with Gasteiger partial charge in [0, 0.05) is 32.7 Å². The first-order chi connectivity index (χ1) is 3.39. The summed E-state index contributed by atoms with van der Waals surface area (Å²) in [5, 5.41) is 8.53. The van der Waals surface area contributed by atoms with Crippen LogP contribution in [0.25, 0.3) is 0 Å². The Kier molecular flexibility index (Phi) is 4.01. The molecule has 1 radical (unpaired) electrons. The van der Waals surface area contributed by atoms with Crippen molar-refractivity contribution in [3.8, 4) is 0 Å². The largest absolute Gasteiger partial charge is 0.309 e.